The molecule has 0 spiro atoms. The van der Waals surface area contributed by atoms with E-state index in [1.165, 1.54) is 17.1 Å². The fourth-order valence-corrected chi connectivity index (χ4v) is 3.17. The number of aromatic nitrogens is 4. The summed E-state index contributed by atoms with van der Waals surface area (Å²) in [6.07, 6.45) is 3.74. The summed E-state index contributed by atoms with van der Waals surface area (Å²) in [4.78, 5) is 4.61. The molecule has 0 fully saturated rings. The van der Waals surface area contributed by atoms with Crippen molar-refractivity contribution < 1.29 is 0 Å². The van der Waals surface area contributed by atoms with Crippen LogP contribution in [0.15, 0.2) is 42.7 Å². The molecular weight excluding hydrogens is 306 g/mol. The summed E-state index contributed by atoms with van der Waals surface area (Å²) in [6, 6.07) is 10.3. The maximum absolute atomic E-state index is 4.61. The van der Waals surface area contributed by atoms with Crippen LogP contribution in [0.1, 0.15) is 45.1 Å². The molecule has 0 aliphatic carbocycles. The number of rotatable bonds is 4. The molecule has 5 nitrogen and oxygen atoms in total. The molecule has 0 radical (unpaired) electrons. The average molecular weight is 327 g/mol. The zero-order chi connectivity index (χ0) is 16.4. The summed E-state index contributed by atoms with van der Waals surface area (Å²) in [5.41, 5.74) is 2.20. The van der Waals surface area contributed by atoms with Crippen LogP contribution in [-0.2, 0) is 5.41 Å². The highest BCUT2D eigenvalue weighted by molar-refractivity contribution is 7.09. The Morgan fingerprint density at radius 2 is 1.96 bits per heavy atom. The molecule has 3 rings (SSSR count). The van der Waals surface area contributed by atoms with Gasteiger partial charge in [0.2, 0.25) is 5.13 Å². The first-order valence-electron chi connectivity index (χ1n) is 7.65. The van der Waals surface area contributed by atoms with Gasteiger partial charge in [0.1, 0.15) is 5.82 Å². The van der Waals surface area contributed by atoms with E-state index in [1.807, 2.05) is 29.1 Å². The predicted octanol–water partition coefficient (Wildman–Crippen LogP) is 4.19. The van der Waals surface area contributed by atoms with E-state index < -0.39 is 0 Å². The third kappa shape index (κ3) is 3.42. The Morgan fingerprint density at radius 3 is 2.61 bits per heavy atom. The molecule has 2 heterocycles. The monoisotopic (exact) mass is 327 g/mol. The number of nitrogens with one attached hydrogen (secondary N) is 1. The minimum Gasteiger partial charge on any atom is -0.354 e. The highest BCUT2D eigenvalue weighted by Crippen LogP contribution is 2.28. The molecule has 0 saturated heterocycles. The molecule has 0 saturated carbocycles. The lowest BCUT2D eigenvalue weighted by Crippen LogP contribution is -2.14. The SMILES string of the molecule is CC(Nc1nc(C(C)(C)C)ns1)c1ccccc1-n1cccn1. The summed E-state index contributed by atoms with van der Waals surface area (Å²) < 4.78 is 6.34. The molecule has 23 heavy (non-hydrogen) atoms. The van der Waals surface area contributed by atoms with Crippen molar-refractivity contribution in [1.82, 2.24) is 19.1 Å². The Balaban J connectivity index is 1.84. The summed E-state index contributed by atoms with van der Waals surface area (Å²) >= 11 is 1.41. The van der Waals surface area contributed by atoms with Crippen LogP contribution in [0, 0.1) is 0 Å². The highest BCUT2D eigenvalue weighted by atomic mass is 32.1. The van der Waals surface area contributed by atoms with Gasteiger partial charge in [0.25, 0.3) is 0 Å². The van der Waals surface area contributed by atoms with Crippen molar-refractivity contribution in [1.29, 1.82) is 0 Å². The van der Waals surface area contributed by atoms with Crippen LogP contribution >= 0.6 is 11.5 Å². The van der Waals surface area contributed by atoms with Crippen molar-refractivity contribution in [3.8, 4) is 5.69 Å². The second-order valence-electron chi connectivity index (χ2n) is 6.55. The molecule has 1 N–H and O–H groups in total. The van der Waals surface area contributed by atoms with Gasteiger partial charge in [-0.05, 0) is 24.6 Å². The van der Waals surface area contributed by atoms with E-state index >= 15 is 0 Å². The van der Waals surface area contributed by atoms with E-state index in [-0.39, 0.29) is 11.5 Å². The predicted molar refractivity (Wildman–Crippen MR) is 94.2 cm³/mol. The number of hydrogen-bond acceptors (Lipinski definition) is 5. The first-order chi connectivity index (χ1) is 10.9. The zero-order valence-electron chi connectivity index (χ0n) is 13.8. The topological polar surface area (TPSA) is 55.6 Å². The van der Waals surface area contributed by atoms with Crippen molar-refractivity contribution >= 4 is 16.7 Å². The minimum absolute atomic E-state index is 0.0351. The van der Waals surface area contributed by atoms with Crippen molar-refractivity contribution in [2.24, 2.45) is 0 Å². The normalized spacial score (nSPS) is 13.0. The van der Waals surface area contributed by atoms with Crippen LogP contribution in [0.25, 0.3) is 5.69 Å². The zero-order valence-corrected chi connectivity index (χ0v) is 14.6. The van der Waals surface area contributed by atoms with Gasteiger partial charge in [-0.15, -0.1) is 0 Å². The molecule has 1 aromatic carbocycles. The van der Waals surface area contributed by atoms with Crippen molar-refractivity contribution in [3.63, 3.8) is 0 Å². The number of hydrogen-bond donors (Lipinski definition) is 1. The minimum atomic E-state index is -0.0351. The van der Waals surface area contributed by atoms with E-state index in [2.05, 4.69) is 59.6 Å². The van der Waals surface area contributed by atoms with Gasteiger partial charge in [-0.1, -0.05) is 39.0 Å². The van der Waals surface area contributed by atoms with Crippen LogP contribution < -0.4 is 5.32 Å². The van der Waals surface area contributed by atoms with Gasteiger partial charge in [0.15, 0.2) is 0 Å². The van der Waals surface area contributed by atoms with Gasteiger partial charge in [-0.2, -0.15) is 9.47 Å². The molecule has 0 amide bonds. The molecule has 6 heteroatoms. The first kappa shape index (κ1) is 15.7. The Labute approximate surface area is 140 Å². The van der Waals surface area contributed by atoms with E-state index in [9.17, 15) is 0 Å². The number of para-hydroxylation sites is 1. The summed E-state index contributed by atoms with van der Waals surface area (Å²) in [7, 11) is 0. The number of nitrogens with zero attached hydrogens (tertiary/aromatic N) is 4. The molecule has 0 bridgehead atoms. The molecule has 2 aromatic heterocycles. The molecule has 0 aliphatic rings. The lowest BCUT2D eigenvalue weighted by Gasteiger charge is -2.17. The van der Waals surface area contributed by atoms with Crippen LogP contribution in [-0.4, -0.2) is 19.1 Å². The van der Waals surface area contributed by atoms with Gasteiger partial charge in [-0.3, -0.25) is 0 Å². The fourth-order valence-electron chi connectivity index (χ4n) is 2.32. The largest absolute Gasteiger partial charge is 0.354 e. The van der Waals surface area contributed by atoms with Crippen LogP contribution in [0.3, 0.4) is 0 Å². The first-order valence-corrected chi connectivity index (χ1v) is 8.42. The Bertz CT molecular complexity index is 770. The highest BCUT2D eigenvalue weighted by Gasteiger charge is 2.20. The number of anilines is 1. The molecule has 1 atom stereocenters. The lowest BCUT2D eigenvalue weighted by atomic mass is 9.96. The third-order valence-corrected chi connectivity index (χ3v) is 4.24. The van der Waals surface area contributed by atoms with Crippen LogP contribution in [0.5, 0.6) is 0 Å². The van der Waals surface area contributed by atoms with Crippen molar-refractivity contribution in [3.05, 3.63) is 54.1 Å². The molecular formula is C17H21N5S. The Morgan fingerprint density at radius 1 is 1.17 bits per heavy atom. The van der Waals surface area contributed by atoms with Crippen molar-refractivity contribution in [2.75, 3.05) is 5.32 Å². The second kappa shape index (κ2) is 6.12. The smallest absolute Gasteiger partial charge is 0.203 e. The van der Waals surface area contributed by atoms with E-state index in [1.54, 1.807) is 6.20 Å². The maximum atomic E-state index is 4.61. The van der Waals surface area contributed by atoms with Gasteiger partial charge < -0.3 is 5.32 Å². The Hall–Kier alpha value is -2.21. The second-order valence-corrected chi connectivity index (χ2v) is 7.30. The summed E-state index contributed by atoms with van der Waals surface area (Å²) in [5.74, 6) is 0.873. The molecule has 3 aromatic rings. The molecule has 0 aliphatic heterocycles. The third-order valence-electron chi connectivity index (χ3n) is 3.59. The molecule has 1 unspecified atom stereocenters. The average Bonchev–Trinajstić information content (AvgIpc) is 3.18. The van der Waals surface area contributed by atoms with Gasteiger partial charge >= 0.3 is 0 Å². The number of benzene rings is 1. The quantitative estimate of drug-likeness (QED) is 0.780. The molecule has 120 valence electrons. The van der Waals surface area contributed by atoms with E-state index in [4.69, 9.17) is 0 Å². The van der Waals surface area contributed by atoms with Crippen LogP contribution in [0.2, 0.25) is 0 Å². The standard InChI is InChI=1S/C17H21N5S/c1-12(19-16-20-15(21-23-16)17(2,3)4)13-8-5-6-9-14(13)22-11-7-10-18-22/h5-12H,1-4H3,(H,19,20,21). The van der Waals surface area contributed by atoms with Gasteiger partial charge in [-0.25, -0.2) is 9.67 Å². The van der Waals surface area contributed by atoms with Crippen molar-refractivity contribution in [2.45, 2.75) is 39.2 Å². The van der Waals surface area contributed by atoms with Gasteiger partial charge in [0.05, 0.1) is 11.7 Å². The maximum Gasteiger partial charge on any atom is 0.203 e. The summed E-state index contributed by atoms with van der Waals surface area (Å²) in [5, 5.41) is 8.64. The van der Waals surface area contributed by atoms with Crippen LogP contribution in [0.4, 0.5) is 5.13 Å². The van der Waals surface area contributed by atoms with E-state index in [0.29, 0.717) is 0 Å². The Kier molecular flexibility index (Phi) is 4.17. The summed E-state index contributed by atoms with van der Waals surface area (Å²) in [6.45, 7) is 8.49. The van der Waals surface area contributed by atoms with E-state index in [0.717, 1.165) is 16.6 Å². The lowest BCUT2D eigenvalue weighted by molar-refractivity contribution is 0.555. The fraction of sp³-hybridized carbons (Fsp3) is 0.353. The van der Waals surface area contributed by atoms with Gasteiger partial charge in [0, 0.05) is 29.3 Å².